The maximum absolute atomic E-state index is 12.2. The number of rotatable bonds is 4. The van der Waals surface area contributed by atoms with Gasteiger partial charge in [0.15, 0.2) is 0 Å². The second-order valence-electron chi connectivity index (χ2n) is 4.61. The summed E-state index contributed by atoms with van der Waals surface area (Å²) in [6, 6.07) is 15.2. The molecule has 0 spiro atoms. The van der Waals surface area contributed by atoms with Crippen LogP contribution in [0.25, 0.3) is 11.1 Å². The van der Waals surface area contributed by atoms with Gasteiger partial charge in [0.2, 0.25) is 5.17 Å². The van der Waals surface area contributed by atoms with Crippen LogP contribution in [0.4, 0.5) is 13.2 Å². The number of alkyl halides is 3. The molecule has 0 N–H and O–H groups in total. The van der Waals surface area contributed by atoms with Crippen molar-refractivity contribution in [1.29, 1.82) is 0 Å². The van der Waals surface area contributed by atoms with Crippen LogP contribution in [0.3, 0.4) is 0 Å². The molecule has 0 heterocycles. The molecule has 0 fully saturated rings. The molecular weight excluding hydrogens is 315 g/mol. The zero-order valence-electron chi connectivity index (χ0n) is 11.7. The number of oxime groups is 1. The van der Waals surface area contributed by atoms with Gasteiger partial charge in [-0.25, -0.2) is 0 Å². The third-order valence-corrected chi connectivity index (χ3v) is 3.41. The van der Waals surface area contributed by atoms with Gasteiger partial charge in [0.25, 0.3) is 0 Å². The first-order valence-corrected chi connectivity index (χ1v) is 6.84. The minimum Gasteiger partial charge on any atom is -0.390 e. The summed E-state index contributed by atoms with van der Waals surface area (Å²) < 4.78 is 36.6. The molecule has 0 aliphatic rings. The quantitative estimate of drug-likeness (QED) is 0.552. The van der Waals surface area contributed by atoms with Crippen molar-refractivity contribution < 1.29 is 18.0 Å². The highest BCUT2D eigenvalue weighted by atomic mass is 35.5. The molecule has 0 bridgehead atoms. The Balaban J connectivity index is 2.17. The fourth-order valence-electron chi connectivity index (χ4n) is 1.98. The van der Waals surface area contributed by atoms with Crippen molar-refractivity contribution in [2.24, 2.45) is 5.16 Å². The van der Waals surface area contributed by atoms with E-state index < -0.39 is 11.3 Å². The van der Waals surface area contributed by atoms with E-state index in [9.17, 15) is 13.2 Å². The molecule has 2 rings (SSSR count). The van der Waals surface area contributed by atoms with Gasteiger partial charge in [-0.15, -0.1) is 0 Å². The molecule has 0 aliphatic carbocycles. The lowest BCUT2D eigenvalue weighted by Crippen LogP contribution is -2.17. The number of halogens is 4. The van der Waals surface area contributed by atoms with Crippen molar-refractivity contribution in [3.05, 3.63) is 59.7 Å². The first-order valence-electron chi connectivity index (χ1n) is 6.46. The van der Waals surface area contributed by atoms with Crippen molar-refractivity contribution in [2.45, 2.75) is 19.7 Å². The van der Waals surface area contributed by atoms with Crippen LogP contribution >= 0.6 is 11.6 Å². The molecule has 6 heteroatoms. The molecule has 22 heavy (non-hydrogen) atoms. The van der Waals surface area contributed by atoms with E-state index in [0.717, 1.165) is 22.3 Å². The van der Waals surface area contributed by atoms with Crippen LogP contribution in [-0.4, -0.2) is 11.3 Å². The van der Waals surface area contributed by atoms with Crippen molar-refractivity contribution in [3.8, 4) is 11.1 Å². The average molecular weight is 328 g/mol. The molecule has 0 atom stereocenters. The predicted molar refractivity (Wildman–Crippen MR) is 80.7 cm³/mol. The highest BCUT2D eigenvalue weighted by Crippen LogP contribution is 2.26. The Labute approximate surface area is 131 Å². The second kappa shape index (κ2) is 6.83. The molecule has 0 aromatic heterocycles. The highest BCUT2D eigenvalue weighted by molar-refractivity contribution is 6.66. The lowest BCUT2D eigenvalue weighted by Gasteiger charge is -2.11. The zero-order valence-corrected chi connectivity index (χ0v) is 12.4. The SMILES string of the molecule is Cc1c(CON=C(Cl)C(F)(F)F)cccc1-c1ccccc1. The van der Waals surface area contributed by atoms with Gasteiger partial charge in [-0.1, -0.05) is 65.3 Å². The predicted octanol–water partition coefficient (Wildman–Crippen LogP) is 5.29. The Bertz CT molecular complexity index is 669. The maximum atomic E-state index is 12.2. The fraction of sp³-hybridized carbons (Fsp3) is 0.188. The normalized spacial score (nSPS) is 12.3. The molecule has 0 amide bonds. The number of hydrogen-bond donors (Lipinski definition) is 0. The van der Waals surface area contributed by atoms with Crippen molar-refractivity contribution in [3.63, 3.8) is 0 Å². The Kier molecular flexibility index (Phi) is 5.08. The van der Waals surface area contributed by atoms with Gasteiger partial charge >= 0.3 is 6.18 Å². The molecule has 116 valence electrons. The van der Waals surface area contributed by atoms with E-state index in [2.05, 4.69) is 5.16 Å². The Morgan fingerprint density at radius 3 is 2.41 bits per heavy atom. The first kappa shape index (κ1) is 16.4. The van der Waals surface area contributed by atoms with E-state index in [1.807, 2.05) is 49.4 Å². The van der Waals surface area contributed by atoms with Gasteiger partial charge in [-0.05, 0) is 29.2 Å². The number of benzene rings is 2. The molecule has 0 saturated carbocycles. The van der Waals surface area contributed by atoms with Gasteiger partial charge < -0.3 is 4.84 Å². The Morgan fingerprint density at radius 1 is 1.09 bits per heavy atom. The van der Waals surface area contributed by atoms with Crippen LogP contribution in [0.1, 0.15) is 11.1 Å². The monoisotopic (exact) mass is 327 g/mol. The molecular formula is C16H13ClF3NO. The maximum Gasteiger partial charge on any atom is 0.447 e. The lowest BCUT2D eigenvalue weighted by atomic mass is 9.97. The summed E-state index contributed by atoms with van der Waals surface area (Å²) in [6.45, 7) is 1.80. The summed E-state index contributed by atoms with van der Waals surface area (Å²) in [6.07, 6.45) is -4.69. The second-order valence-corrected chi connectivity index (χ2v) is 4.97. The fourth-order valence-corrected chi connectivity index (χ4v) is 2.03. The van der Waals surface area contributed by atoms with Gasteiger partial charge in [0.1, 0.15) is 6.61 Å². The molecule has 2 nitrogen and oxygen atoms in total. The summed E-state index contributed by atoms with van der Waals surface area (Å²) >= 11 is 4.99. The van der Waals surface area contributed by atoms with Crippen LogP contribution in [-0.2, 0) is 11.4 Å². The van der Waals surface area contributed by atoms with Gasteiger partial charge in [0.05, 0.1) is 0 Å². The van der Waals surface area contributed by atoms with Crippen molar-refractivity contribution >= 4 is 16.8 Å². The first-order chi connectivity index (χ1) is 10.4. The topological polar surface area (TPSA) is 21.6 Å². The van der Waals surface area contributed by atoms with Crippen LogP contribution in [0.15, 0.2) is 53.7 Å². The summed E-state index contributed by atoms with van der Waals surface area (Å²) in [4.78, 5) is 4.72. The lowest BCUT2D eigenvalue weighted by molar-refractivity contribution is -0.0594. The smallest absolute Gasteiger partial charge is 0.390 e. The van der Waals surface area contributed by atoms with E-state index >= 15 is 0 Å². The number of nitrogens with zero attached hydrogens (tertiary/aromatic N) is 1. The average Bonchev–Trinajstić information content (AvgIpc) is 2.49. The zero-order chi connectivity index (χ0) is 16.2. The van der Waals surface area contributed by atoms with E-state index in [-0.39, 0.29) is 6.61 Å². The summed E-state index contributed by atoms with van der Waals surface area (Å²) in [7, 11) is 0. The third-order valence-electron chi connectivity index (χ3n) is 3.13. The summed E-state index contributed by atoms with van der Waals surface area (Å²) in [5, 5.41) is 1.37. The van der Waals surface area contributed by atoms with Crippen LogP contribution in [0.2, 0.25) is 0 Å². The van der Waals surface area contributed by atoms with Crippen molar-refractivity contribution in [1.82, 2.24) is 0 Å². The number of hydrogen-bond acceptors (Lipinski definition) is 2. The molecule has 2 aromatic rings. The minimum absolute atomic E-state index is 0.0845. The molecule has 0 aliphatic heterocycles. The Hall–Kier alpha value is -2.01. The van der Waals surface area contributed by atoms with E-state index in [0.29, 0.717) is 0 Å². The minimum atomic E-state index is -4.69. The molecule has 0 radical (unpaired) electrons. The van der Waals surface area contributed by atoms with Gasteiger partial charge in [-0.2, -0.15) is 13.2 Å². The largest absolute Gasteiger partial charge is 0.447 e. The highest BCUT2D eigenvalue weighted by Gasteiger charge is 2.35. The standard InChI is InChI=1S/C16H13ClF3NO/c1-11-13(10-22-21-15(17)16(18,19)20)8-5-9-14(11)12-6-3-2-4-7-12/h2-9H,10H2,1H3. The summed E-state index contributed by atoms with van der Waals surface area (Å²) in [5.74, 6) is 0. The van der Waals surface area contributed by atoms with Crippen LogP contribution in [0, 0.1) is 6.92 Å². The molecule has 0 unspecified atom stereocenters. The van der Waals surface area contributed by atoms with E-state index in [4.69, 9.17) is 16.4 Å². The van der Waals surface area contributed by atoms with Gasteiger partial charge in [0, 0.05) is 0 Å². The Morgan fingerprint density at radius 2 is 1.77 bits per heavy atom. The van der Waals surface area contributed by atoms with Crippen molar-refractivity contribution in [2.75, 3.05) is 0 Å². The molecule has 0 saturated heterocycles. The van der Waals surface area contributed by atoms with Crippen LogP contribution in [0.5, 0.6) is 0 Å². The van der Waals surface area contributed by atoms with Crippen LogP contribution < -0.4 is 0 Å². The third kappa shape index (κ3) is 4.01. The summed E-state index contributed by atoms with van der Waals surface area (Å²) in [5.41, 5.74) is 3.69. The van der Waals surface area contributed by atoms with Gasteiger partial charge in [-0.3, -0.25) is 0 Å². The van der Waals surface area contributed by atoms with E-state index in [1.165, 1.54) is 0 Å². The molecule has 2 aromatic carbocycles. The van der Waals surface area contributed by atoms with E-state index in [1.54, 1.807) is 6.07 Å².